The van der Waals surface area contributed by atoms with E-state index in [9.17, 15) is 9.90 Å². The van der Waals surface area contributed by atoms with E-state index in [2.05, 4.69) is 31.3 Å². The van der Waals surface area contributed by atoms with Crippen LogP contribution in [-0.4, -0.2) is 29.8 Å². The molecule has 1 fully saturated rings. The van der Waals surface area contributed by atoms with E-state index in [4.69, 9.17) is 16.3 Å². The van der Waals surface area contributed by atoms with Crippen molar-refractivity contribution in [3.05, 3.63) is 63.9 Å². The number of ether oxygens (including phenoxy) is 1. The molecule has 0 saturated carbocycles. The number of hydrogen-bond acceptors (Lipinski definition) is 3. The molecule has 152 valence electrons. The van der Waals surface area contributed by atoms with Crippen molar-refractivity contribution < 1.29 is 14.6 Å². The summed E-state index contributed by atoms with van der Waals surface area (Å²) in [6.45, 7) is 5.23. The van der Waals surface area contributed by atoms with Gasteiger partial charge >= 0.3 is 0 Å². The maximum atomic E-state index is 13.1. The molecule has 0 radical (unpaired) electrons. The molecule has 2 aromatic rings. The van der Waals surface area contributed by atoms with Crippen LogP contribution in [-0.2, 0) is 22.4 Å². The minimum absolute atomic E-state index is 0.170. The second-order valence-electron chi connectivity index (χ2n) is 7.71. The summed E-state index contributed by atoms with van der Waals surface area (Å²) in [4.78, 5) is 13.1. The fourth-order valence-electron chi connectivity index (χ4n) is 4.57. The lowest BCUT2D eigenvalue weighted by Gasteiger charge is -2.33. The molecule has 4 rings (SSSR count). The molecule has 2 aromatic carbocycles. The molecule has 2 N–H and O–H groups in total. The average molecular weight is 412 g/mol. The molecule has 4 nitrogen and oxygen atoms in total. The van der Waals surface area contributed by atoms with E-state index in [1.807, 2.05) is 24.3 Å². The van der Waals surface area contributed by atoms with Crippen LogP contribution in [0.1, 0.15) is 43.4 Å². The van der Waals surface area contributed by atoms with Crippen molar-refractivity contribution in [1.29, 1.82) is 0 Å². The lowest BCUT2D eigenvalue weighted by atomic mass is 9.83. The van der Waals surface area contributed by atoms with E-state index in [1.165, 1.54) is 0 Å². The molecule has 1 spiro atoms. The van der Waals surface area contributed by atoms with E-state index >= 15 is 0 Å². The number of hydrogen-bond donors (Lipinski definition) is 2. The lowest BCUT2D eigenvalue weighted by Crippen LogP contribution is -2.48. The van der Waals surface area contributed by atoms with Crippen molar-refractivity contribution >= 4 is 23.1 Å². The average Bonchev–Trinajstić information content (AvgIpc) is 2.97. The van der Waals surface area contributed by atoms with Crippen molar-refractivity contribution in [2.45, 2.75) is 45.1 Å². The third kappa shape index (κ3) is 3.34. The van der Waals surface area contributed by atoms with Crippen LogP contribution in [0.2, 0.25) is 5.02 Å². The number of nitrogens with one attached hydrogen (secondary N) is 1. The van der Waals surface area contributed by atoms with Crippen LogP contribution >= 0.6 is 11.6 Å². The van der Waals surface area contributed by atoms with E-state index in [-0.39, 0.29) is 11.7 Å². The molecule has 0 bridgehead atoms. The summed E-state index contributed by atoms with van der Waals surface area (Å²) >= 11 is 6.07. The van der Waals surface area contributed by atoms with Gasteiger partial charge in [0, 0.05) is 31.1 Å². The smallest absolute Gasteiger partial charge is 0.256 e. The maximum Gasteiger partial charge on any atom is 0.256 e. The van der Waals surface area contributed by atoms with Gasteiger partial charge in [-0.25, -0.2) is 0 Å². The number of carbonyl (C=O) groups excluding carboxylic acids is 1. The number of aryl methyl sites for hydroxylation is 1. The molecule has 2 aliphatic heterocycles. The molecule has 5 heteroatoms. The van der Waals surface area contributed by atoms with Gasteiger partial charge in [0.15, 0.2) is 0 Å². The molecule has 2 heterocycles. The Hall–Kier alpha value is -2.30. The zero-order chi connectivity index (χ0) is 20.6. The Labute approximate surface area is 176 Å². The molecular weight excluding hydrogens is 386 g/mol. The topological polar surface area (TPSA) is 58.6 Å². The highest BCUT2D eigenvalue weighted by atomic mass is 35.5. The van der Waals surface area contributed by atoms with E-state index in [0.29, 0.717) is 36.7 Å². The Morgan fingerprint density at radius 1 is 1.07 bits per heavy atom. The predicted octanol–water partition coefficient (Wildman–Crippen LogP) is 5.08. The summed E-state index contributed by atoms with van der Waals surface area (Å²) in [5.74, 6) is -0.0227. The molecule has 1 amide bonds. The highest BCUT2D eigenvalue weighted by Crippen LogP contribution is 2.42. The van der Waals surface area contributed by atoms with Crippen LogP contribution in [0.25, 0.3) is 16.7 Å². The third-order valence-electron chi connectivity index (χ3n) is 6.16. The van der Waals surface area contributed by atoms with Gasteiger partial charge in [0.1, 0.15) is 11.3 Å². The van der Waals surface area contributed by atoms with Gasteiger partial charge in [-0.1, -0.05) is 49.7 Å². The van der Waals surface area contributed by atoms with E-state index in [0.717, 1.165) is 40.7 Å². The first kappa shape index (κ1) is 20.0. The highest BCUT2D eigenvalue weighted by molar-refractivity contribution is 6.30. The Morgan fingerprint density at radius 2 is 1.76 bits per heavy atom. The lowest BCUT2D eigenvalue weighted by molar-refractivity contribution is -0.117. The van der Waals surface area contributed by atoms with Crippen molar-refractivity contribution in [2.75, 3.05) is 13.2 Å². The first-order valence-corrected chi connectivity index (χ1v) is 10.6. The monoisotopic (exact) mass is 411 g/mol. The van der Waals surface area contributed by atoms with E-state index < -0.39 is 5.54 Å². The standard InChI is InChI=1S/C24H26ClNO3/c1-3-15-7-10-19(16-5-8-17(25)9-6-16)18(4-2)20(15)21-22(27)24(26-23(21)28)11-13-29-14-12-24/h5-10,27H,3-4,11-14H2,1-2H3,(H,26,28). The molecule has 2 aliphatic rings. The fraction of sp³-hybridized carbons (Fsp3) is 0.375. The van der Waals surface area contributed by atoms with Crippen LogP contribution in [0.15, 0.2) is 42.2 Å². The van der Waals surface area contributed by atoms with Crippen molar-refractivity contribution in [3.8, 4) is 11.1 Å². The summed E-state index contributed by atoms with van der Waals surface area (Å²) in [5, 5.41) is 15.0. The Bertz CT molecular complexity index is 972. The van der Waals surface area contributed by atoms with Crippen molar-refractivity contribution in [3.63, 3.8) is 0 Å². The second kappa shape index (κ2) is 7.85. The minimum atomic E-state index is -0.697. The first-order chi connectivity index (χ1) is 14.0. The van der Waals surface area contributed by atoms with Gasteiger partial charge < -0.3 is 15.2 Å². The number of carbonyl (C=O) groups is 1. The maximum absolute atomic E-state index is 13.1. The Balaban J connectivity index is 1.93. The molecule has 0 aliphatic carbocycles. The van der Waals surface area contributed by atoms with Gasteiger partial charge in [-0.15, -0.1) is 0 Å². The summed E-state index contributed by atoms with van der Waals surface area (Å²) in [6, 6.07) is 11.9. The second-order valence-corrected chi connectivity index (χ2v) is 8.15. The molecule has 1 saturated heterocycles. The molecule has 0 aromatic heterocycles. The van der Waals surface area contributed by atoms with Crippen LogP contribution in [0, 0.1) is 0 Å². The van der Waals surface area contributed by atoms with Crippen LogP contribution in [0.5, 0.6) is 0 Å². The Kier molecular flexibility index (Phi) is 5.41. The summed E-state index contributed by atoms with van der Waals surface area (Å²) < 4.78 is 5.46. The number of rotatable bonds is 4. The zero-order valence-electron chi connectivity index (χ0n) is 16.8. The van der Waals surface area contributed by atoms with Crippen molar-refractivity contribution in [1.82, 2.24) is 5.32 Å². The summed E-state index contributed by atoms with van der Waals surface area (Å²) in [7, 11) is 0. The quantitative estimate of drug-likeness (QED) is 0.737. The highest BCUT2D eigenvalue weighted by Gasteiger charge is 2.47. The zero-order valence-corrected chi connectivity index (χ0v) is 17.6. The molecular formula is C24H26ClNO3. The normalized spacial score (nSPS) is 18.4. The van der Waals surface area contributed by atoms with Crippen molar-refractivity contribution in [2.24, 2.45) is 0 Å². The molecule has 29 heavy (non-hydrogen) atoms. The van der Waals surface area contributed by atoms with Gasteiger partial charge in [0.25, 0.3) is 5.91 Å². The summed E-state index contributed by atoms with van der Waals surface area (Å²) in [6.07, 6.45) is 2.71. The largest absolute Gasteiger partial charge is 0.509 e. The SMILES string of the molecule is CCc1ccc(-c2ccc(Cl)cc2)c(CC)c1C1=C(O)C2(CCOCC2)NC1=O. The van der Waals surface area contributed by atoms with E-state index in [1.54, 1.807) is 0 Å². The molecule has 0 unspecified atom stereocenters. The number of benzene rings is 2. The molecule has 0 atom stereocenters. The van der Waals surface area contributed by atoms with Crippen LogP contribution in [0.3, 0.4) is 0 Å². The van der Waals surface area contributed by atoms with Gasteiger partial charge in [0.05, 0.1) is 5.57 Å². The first-order valence-electron chi connectivity index (χ1n) is 10.3. The van der Waals surface area contributed by atoms with Gasteiger partial charge in [-0.05, 0) is 52.8 Å². The number of amides is 1. The van der Waals surface area contributed by atoms with Crippen LogP contribution < -0.4 is 5.32 Å². The third-order valence-corrected chi connectivity index (χ3v) is 6.41. The van der Waals surface area contributed by atoms with Crippen LogP contribution in [0.4, 0.5) is 0 Å². The van der Waals surface area contributed by atoms with Gasteiger partial charge in [-0.3, -0.25) is 4.79 Å². The minimum Gasteiger partial charge on any atom is -0.509 e. The van der Waals surface area contributed by atoms with Gasteiger partial charge in [0.2, 0.25) is 0 Å². The number of aliphatic hydroxyl groups is 1. The fourth-order valence-corrected chi connectivity index (χ4v) is 4.69. The number of halogens is 1. The predicted molar refractivity (Wildman–Crippen MR) is 116 cm³/mol. The van der Waals surface area contributed by atoms with Gasteiger partial charge in [-0.2, -0.15) is 0 Å². The summed E-state index contributed by atoms with van der Waals surface area (Å²) in [5.41, 5.74) is 4.87. The number of aliphatic hydroxyl groups excluding tert-OH is 1. The Morgan fingerprint density at radius 3 is 2.38 bits per heavy atom.